The van der Waals surface area contributed by atoms with Gasteiger partial charge in [0, 0.05) is 19.0 Å². The van der Waals surface area contributed by atoms with Crippen molar-refractivity contribution < 1.29 is 24.2 Å². The quantitative estimate of drug-likeness (QED) is 0.806. The van der Waals surface area contributed by atoms with Gasteiger partial charge in [0.1, 0.15) is 11.6 Å². The minimum Gasteiger partial charge on any atom is -0.481 e. The van der Waals surface area contributed by atoms with Crippen molar-refractivity contribution in [2.24, 2.45) is 11.8 Å². The number of likely N-dealkylation sites (tertiary alicyclic amines) is 1. The van der Waals surface area contributed by atoms with E-state index in [2.05, 4.69) is 5.32 Å². The molecule has 0 bridgehead atoms. The number of rotatable bonds is 5. The van der Waals surface area contributed by atoms with Gasteiger partial charge in [0.15, 0.2) is 0 Å². The number of benzene rings is 1. The molecule has 1 unspecified atom stereocenters. The summed E-state index contributed by atoms with van der Waals surface area (Å²) in [5.41, 5.74) is 0.223. The fraction of sp³-hybridized carbons (Fsp3) is 0.571. The number of carboxylic acid groups (broad SMARTS) is 1. The number of nitrogens with one attached hydrogen (secondary N) is 1. The predicted molar refractivity (Wildman–Crippen MR) is 105 cm³/mol. The fourth-order valence-electron chi connectivity index (χ4n) is 3.42. The Morgan fingerprint density at radius 2 is 1.75 bits per heavy atom. The molecule has 1 aromatic carbocycles. The summed E-state index contributed by atoms with van der Waals surface area (Å²) in [5, 5.41) is 12.3. The van der Waals surface area contributed by atoms with E-state index in [4.69, 9.17) is 4.74 Å². The lowest BCUT2D eigenvalue weighted by atomic mass is 9.89. The fourth-order valence-corrected chi connectivity index (χ4v) is 3.42. The Morgan fingerprint density at radius 1 is 1.14 bits per heavy atom. The molecule has 3 atom stereocenters. The lowest BCUT2D eigenvalue weighted by molar-refractivity contribution is -0.142. The van der Waals surface area contributed by atoms with Gasteiger partial charge in [-0.1, -0.05) is 44.2 Å². The summed E-state index contributed by atoms with van der Waals surface area (Å²) >= 11 is 0. The zero-order valence-electron chi connectivity index (χ0n) is 17.1. The Balaban J connectivity index is 2.16. The van der Waals surface area contributed by atoms with Gasteiger partial charge in [-0.3, -0.25) is 9.59 Å². The Bertz CT molecular complexity index is 711. The van der Waals surface area contributed by atoms with Gasteiger partial charge >= 0.3 is 12.1 Å². The number of hydrogen-bond donors (Lipinski definition) is 2. The second-order valence-electron chi connectivity index (χ2n) is 8.57. The van der Waals surface area contributed by atoms with Crippen molar-refractivity contribution in [3.05, 3.63) is 35.9 Å². The van der Waals surface area contributed by atoms with Crippen LogP contribution in [-0.2, 0) is 14.3 Å². The minimum absolute atomic E-state index is 0.118. The van der Waals surface area contributed by atoms with Crippen LogP contribution in [0, 0.1) is 11.8 Å². The van der Waals surface area contributed by atoms with Crippen LogP contribution in [0.2, 0.25) is 0 Å². The van der Waals surface area contributed by atoms with Crippen LogP contribution in [0.5, 0.6) is 0 Å². The van der Waals surface area contributed by atoms with Crippen molar-refractivity contribution in [1.29, 1.82) is 0 Å². The molecule has 7 nitrogen and oxygen atoms in total. The number of aliphatic carboxylic acids is 1. The van der Waals surface area contributed by atoms with E-state index in [9.17, 15) is 19.5 Å². The number of hydrogen-bond acceptors (Lipinski definition) is 4. The molecule has 0 radical (unpaired) electrons. The molecule has 154 valence electrons. The van der Waals surface area contributed by atoms with Gasteiger partial charge in [-0.25, -0.2) is 4.79 Å². The summed E-state index contributed by atoms with van der Waals surface area (Å²) in [6.07, 6.45) is -0.659. The summed E-state index contributed by atoms with van der Waals surface area (Å²) in [6.45, 7) is 9.34. The van der Waals surface area contributed by atoms with Gasteiger partial charge < -0.3 is 20.1 Å². The average molecular weight is 390 g/mol. The first-order valence-corrected chi connectivity index (χ1v) is 9.55. The van der Waals surface area contributed by atoms with Crippen LogP contribution in [0.4, 0.5) is 4.79 Å². The molecule has 1 saturated heterocycles. The predicted octanol–water partition coefficient (Wildman–Crippen LogP) is 2.86. The van der Waals surface area contributed by atoms with E-state index in [1.807, 2.05) is 44.2 Å². The molecular formula is C21H30N2O5. The number of amides is 2. The van der Waals surface area contributed by atoms with Crippen molar-refractivity contribution in [3.8, 4) is 0 Å². The Kier molecular flexibility index (Phi) is 6.69. The first-order chi connectivity index (χ1) is 13.0. The maximum absolute atomic E-state index is 13.1. The van der Waals surface area contributed by atoms with E-state index in [0.717, 1.165) is 5.56 Å². The number of carbonyl (C=O) groups excluding carboxylic acids is 2. The van der Waals surface area contributed by atoms with Crippen molar-refractivity contribution in [3.63, 3.8) is 0 Å². The highest BCUT2D eigenvalue weighted by molar-refractivity contribution is 5.87. The third-order valence-electron chi connectivity index (χ3n) is 4.78. The highest BCUT2D eigenvalue weighted by Gasteiger charge is 2.42. The number of alkyl carbamates (subject to hydrolysis) is 1. The van der Waals surface area contributed by atoms with Gasteiger partial charge in [0.25, 0.3) is 0 Å². The molecule has 1 fully saturated rings. The van der Waals surface area contributed by atoms with Gasteiger partial charge in [0.2, 0.25) is 5.91 Å². The first-order valence-electron chi connectivity index (χ1n) is 9.55. The highest BCUT2D eigenvalue weighted by atomic mass is 16.6. The van der Waals surface area contributed by atoms with Gasteiger partial charge in [-0.2, -0.15) is 0 Å². The normalized spacial score (nSPS) is 20.7. The van der Waals surface area contributed by atoms with E-state index in [-0.39, 0.29) is 24.3 Å². The van der Waals surface area contributed by atoms with Crippen LogP contribution < -0.4 is 5.32 Å². The van der Waals surface area contributed by atoms with E-state index in [1.54, 1.807) is 25.7 Å². The van der Waals surface area contributed by atoms with Crippen molar-refractivity contribution >= 4 is 18.0 Å². The third kappa shape index (κ3) is 5.47. The maximum Gasteiger partial charge on any atom is 0.408 e. The van der Waals surface area contributed by atoms with Gasteiger partial charge in [-0.15, -0.1) is 0 Å². The summed E-state index contributed by atoms with van der Waals surface area (Å²) in [5.74, 6) is -2.34. The van der Waals surface area contributed by atoms with Crippen LogP contribution in [0.3, 0.4) is 0 Å². The molecule has 0 aromatic heterocycles. The maximum atomic E-state index is 13.1. The van der Waals surface area contributed by atoms with Crippen LogP contribution in [0.1, 0.15) is 46.1 Å². The third-order valence-corrected chi connectivity index (χ3v) is 4.78. The van der Waals surface area contributed by atoms with Crippen molar-refractivity contribution in [1.82, 2.24) is 10.2 Å². The molecule has 28 heavy (non-hydrogen) atoms. The molecule has 0 spiro atoms. The number of nitrogens with zero attached hydrogens (tertiary/aromatic N) is 1. The van der Waals surface area contributed by atoms with Gasteiger partial charge in [0.05, 0.1) is 5.92 Å². The van der Waals surface area contributed by atoms with Crippen LogP contribution in [0.15, 0.2) is 30.3 Å². The Labute approximate surface area is 166 Å². The second-order valence-corrected chi connectivity index (χ2v) is 8.57. The van der Waals surface area contributed by atoms with E-state index in [0.29, 0.717) is 6.54 Å². The van der Waals surface area contributed by atoms with Crippen molar-refractivity contribution in [2.75, 3.05) is 13.1 Å². The molecular weight excluding hydrogens is 360 g/mol. The van der Waals surface area contributed by atoms with Crippen LogP contribution >= 0.6 is 0 Å². The van der Waals surface area contributed by atoms with Crippen molar-refractivity contribution in [2.45, 2.75) is 52.2 Å². The molecule has 1 aromatic rings. The molecule has 2 amide bonds. The topological polar surface area (TPSA) is 95.9 Å². The summed E-state index contributed by atoms with van der Waals surface area (Å²) < 4.78 is 5.27. The molecule has 1 heterocycles. The molecule has 7 heteroatoms. The Morgan fingerprint density at radius 3 is 2.25 bits per heavy atom. The summed E-state index contributed by atoms with van der Waals surface area (Å²) in [6, 6.07) is 8.58. The standard InChI is InChI=1S/C21H30N2O5/c1-13(2)17(22-20(27)28-21(3,4)5)18(24)23-11-15(16(12-23)19(25)26)14-9-7-6-8-10-14/h6-10,13,15-17H,11-12H2,1-5H3,(H,22,27)(H,25,26)/t15-,16+,17?/m1/s1. The highest BCUT2D eigenvalue weighted by Crippen LogP contribution is 2.33. The van der Waals surface area contributed by atoms with Gasteiger partial charge in [-0.05, 0) is 32.3 Å². The van der Waals surface area contributed by atoms with Crippen LogP contribution in [-0.4, -0.2) is 52.7 Å². The average Bonchev–Trinajstić information content (AvgIpc) is 3.04. The molecule has 2 rings (SSSR count). The molecule has 1 aliphatic rings. The number of carboxylic acids is 1. The second kappa shape index (κ2) is 8.63. The zero-order valence-corrected chi connectivity index (χ0v) is 17.1. The monoisotopic (exact) mass is 390 g/mol. The number of ether oxygens (including phenoxy) is 1. The first kappa shape index (κ1) is 21.7. The van der Waals surface area contributed by atoms with Crippen LogP contribution in [0.25, 0.3) is 0 Å². The largest absolute Gasteiger partial charge is 0.481 e. The molecule has 0 saturated carbocycles. The minimum atomic E-state index is -0.926. The smallest absolute Gasteiger partial charge is 0.408 e. The van der Waals surface area contributed by atoms with E-state index < -0.39 is 29.6 Å². The Hall–Kier alpha value is -2.57. The van der Waals surface area contributed by atoms with E-state index >= 15 is 0 Å². The zero-order chi connectivity index (χ0) is 21.1. The van der Waals surface area contributed by atoms with E-state index in [1.165, 1.54) is 0 Å². The lowest BCUT2D eigenvalue weighted by Gasteiger charge is -2.28. The molecule has 0 aliphatic carbocycles. The summed E-state index contributed by atoms with van der Waals surface area (Å²) in [7, 11) is 0. The molecule has 2 N–H and O–H groups in total. The SMILES string of the molecule is CC(C)C(NC(=O)OC(C)(C)C)C(=O)N1C[C@H](C(=O)O)[C@@H](c2ccccc2)C1. The summed E-state index contributed by atoms with van der Waals surface area (Å²) in [4.78, 5) is 38.6. The molecule has 1 aliphatic heterocycles. The number of carbonyl (C=O) groups is 3. The lowest BCUT2D eigenvalue weighted by Crippen LogP contribution is -2.51.